The second kappa shape index (κ2) is 4.87. The molecule has 0 saturated heterocycles. The van der Waals surface area contributed by atoms with Gasteiger partial charge in [0, 0.05) is 6.54 Å². The molecule has 1 N–H and O–H groups in total. The third-order valence-corrected chi connectivity index (χ3v) is 2.53. The van der Waals surface area contributed by atoms with Crippen LogP contribution in [0.4, 0.5) is 11.6 Å². The predicted octanol–water partition coefficient (Wildman–Crippen LogP) is 2.23. The summed E-state index contributed by atoms with van der Waals surface area (Å²) < 4.78 is 0. The molecule has 0 aliphatic carbocycles. The van der Waals surface area contributed by atoms with E-state index in [4.69, 9.17) is 0 Å². The Balaban J connectivity index is 2.59. The molecule has 0 aliphatic heterocycles. The first-order valence-electron chi connectivity index (χ1n) is 5.15. The maximum atomic E-state index is 10.4. The Kier molecular flexibility index (Phi) is 3.76. The van der Waals surface area contributed by atoms with Gasteiger partial charge in [-0.05, 0) is 11.8 Å². The number of hydrogen-bond acceptors (Lipinski definition) is 5. The Morgan fingerprint density at radius 1 is 1.44 bits per heavy atom. The van der Waals surface area contributed by atoms with E-state index in [2.05, 4.69) is 36.1 Å². The third-order valence-electron chi connectivity index (χ3n) is 2.53. The normalized spacial score (nSPS) is 11.2. The lowest BCUT2D eigenvalue weighted by Gasteiger charge is -2.22. The summed E-state index contributed by atoms with van der Waals surface area (Å²) in [4.78, 5) is 17.6. The van der Waals surface area contributed by atoms with Crippen LogP contribution < -0.4 is 5.32 Å². The second-order valence-corrected chi connectivity index (χ2v) is 4.39. The first-order chi connectivity index (χ1) is 7.44. The van der Waals surface area contributed by atoms with Crippen LogP contribution in [0, 0.1) is 15.5 Å². The predicted molar refractivity (Wildman–Crippen MR) is 61.2 cm³/mol. The Morgan fingerprint density at radius 2 is 2.00 bits per heavy atom. The van der Waals surface area contributed by atoms with Crippen molar-refractivity contribution in [2.45, 2.75) is 27.2 Å². The number of nitrogens with one attached hydrogen (secondary N) is 1. The van der Waals surface area contributed by atoms with E-state index in [1.54, 1.807) is 0 Å². The number of aromatic nitrogens is 2. The van der Waals surface area contributed by atoms with Crippen LogP contribution in [0.25, 0.3) is 0 Å². The average molecular weight is 224 g/mol. The van der Waals surface area contributed by atoms with Gasteiger partial charge in [0.25, 0.3) is 0 Å². The molecular formula is C10H16N4O2. The average Bonchev–Trinajstić information content (AvgIpc) is 2.27. The zero-order chi connectivity index (χ0) is 12.2. The molecule has 6 heteroatoms. The van der Waals surface area contributed by atoms with Gasteiger partial charge in [0.05, 0.1) is 4.92 Å². The SMILES string of the molecule is CCC(C)(C)CNc1ncc([N+](=O)[O-])cn1. The molecule has 0 atom stereocenters. The zero-order valence-electron chi connectivity index (χ0n) is 9.73. The van der Waals surface area contributed by atoms with E-state index in [1.807, 2.05) is 0 Å². The van der Waals surface area contributed by atoms with Crippen molar-refractivity contribution in [3.05, 3.63) is 22.5 Å². The Hall–Kier alpha value is -1.72. The smallest absolute Gasteiger partial charge is 0.305 e. The van der Waals surface area contributed by atoms with Crippen LogP contribution in [0.1, 0.15) is 27.2 Å². The van der Waals surface area contributed by atoms with E-state index in [0.717, 1.165) is 13.0 Å². The van der Waals surface area contributed by atoms with Crippen LogP contribution in [0.2, 0.25) is 0 Å². The molecule has 1 aromatic rings. The fourth-order valence-corrected chi connectivity index (χ4v) is 0.950. The summed E-state index contributed by atoms with van der Waals surface area (Å²) in [6.45, 7) is 7.11. The first-order valence-corrected chi connectivity index (χ1v) is 5.15. The van der Waals surface area contributed by atoms with Gasteiger partial charge in [-0.15, -0.1) is 0 Å². The lowest BCUT2D eigenvalue weighted by Crippen LogP contribution is -2.22. The minimum atomic E-state index is -0.514. The summed E-state index contributed by atoms with van der Waals surface area (Å²) in [5, 5.41) is 13.4. The summed E-state index contributed by atoms with van der Waals surface area (Å²) in [6, 6.07) is 0. The highest BCUT2D eigenvalue weighted by molar-refractivity contribution is 5.30. The van der Waals surface area contributed by atoms with Gasteiger partial charge >= 0.3 is 5.69 Å². The summed E-state index contributed by atoms with van der Waals surface area (Å²) in [5.41, 5.74) is 0.0609. The number of hydrogen-bond donors (Lipinski definition) is 1. The highest BCUT2D eigenvalue weighted by atomic mass is 16.6. The van der Waals surface area contributed by atoms with Crippen molar-refractivity contribution in [1.29, 1.82) is 0 Å². The quantitative estimate of drug-likeness (QED) is 0.612. The van der Waals surface area contributed by atoms with Gasteiger partial charge in [-0.2, -0.15) is 0 Å². The molecule has 0 aliphatic rings. The highest BCUT2D eigenvalue weighted by Gasteiger charge is 2.15. The summed E-state index contributed by atoms with van der Waals surface area (Å²) in [7, 11) is 0. The van der Waals surface area contributed by atoms with Crippen molar-refractivity contribution in [2.75, 3.05) is 11.9 Å². The molecule has 0 fully saturated rings. The summed E-state index contributed by atoms with van der Waals surface area (Å²) in [6.07, 6.45) is 3.44. The van der Waals surface area contributed by atoms with Gasteiger partial charge in [0.1, 0.15) is 12.4 Å². The van der Waals surface area contributed by atoms with Crippen LogP contribution in [0.15, 0.2) is 12.4 Å². The van der Waals surface area contributed by atoms with Crippen LogP contribution in [-0.2, 0) is 0 Å². The second-order valence-electron chi connectivity index (χ2n) is 4.39. The lowest BCUT2D eigenvalue weighted by molar-refractivity contribution is -0.385. The molecule has 0 unspecified atom stereocenters. The molecule has 0 radical (unpaired) electrons. The van der Waals surface area contributed by atoms with Crippen LogP contribution >= 0.6 is 0 Å². The first kappa shape index (κ1) is 12.4. The largest absolute Gasteiger partial charge is 0.354 e. The van der Waals surface area contributed by atoms with E-state index < -0.39 is 4.92 Å². The zero-order valence-corrected chi connectivity index (χ0v) is 9.73. The summed E-state index contributed by atoms with van der Waals surface area (Å²) in [5.74, 6) is 0.423. The van der Waals surface area contributed by atoms with Gasteiger partial charge in [-0.25, -0.2) is 9.97 Å². The van der Waals surface area contributed by atoms with Crippen LogP contribution in [0.3, 0.4) is 0 Å². The number of nitro groups is 1. The molecule has 1 heterocycles. The fourth-order valence-electron chi connectivity index (χ4n) is 0.950. The third kappa shape index (κ3) is 3.45. The molecule has 6 nitrogen and oxygen atoms in total. The molecule has 0 saturated carbocycles. The fraction of sp³-hybridized carbons (Fsp3) is 0.600. The molecular weight excluding hydrogens is 208 g/mol. The molecule has 0 bridgehead atoms. The molecule has 0 aromatic carbocycles. The van der Waals surface area contributed by atoms with E-state index in [-0.39, 0.29) is 11.1 Å². The maximum absolute atomic E-state index is 10.4. The topological polar surface area (TPSA) is 81.0 Å². The van der Waals surface area contributed by atoms with E-state index in [0.29, 0.717) is 5.95 Å². The highest BCUT2D eigenvalue weighted by Crippen LogP contribution is 2.19. The van der Waals surface area contributed by atoms with E-state index >= 15 is 0 Å². The number of rotatable bonds is 5. The molecule has 0 amide bonds. The van der Waals surface area contributed by atoms with Gasteiger partial charge in [0.2, 0.25) is 5.95 Å². The lowest BCUT2D eigenvalue weighted by atomic mass is 9.90. The Morgan fingerprint density at radius 3 is 2.44 bits per heavy atom. The van der Waals surface area contributed by atoms with Crippen molar-refractivity contribution in [3.63, 3.8) is 0 Å². The Bertz CT molecular complexity index is 362. The Labute approximate surface area is 94.3 Å². The minimum absolute atomic E-state index is 0.0969. The standard InChI is InChI=1S/C10H16N4O2/c1-4-10(2,3)7-13-9-11-5-8(6-12-9)14(15)16/h5-6H,4,7H2,1-3H3,(H,11,12,13). The molecule has 0 spiro atoms. The van der Waals surface area contributed by atoms with Crippen molar-refractivity contribution >= 4 is 11.6 Å². The van der Waals surface area contributed by atoms with Crippen LogP contribution in [-0.4, -0.2) is 21.4 Å². The molecule has 88 valence electrons. The molecule has 16 heavy (non-hydrogen) atoms. The monoisotopic (exact) mass is 224 g/mol. The maximum Gasteiger partial charge on any atom is 0.305 e. The van der Waals surface area contributed by atoms with E-state index in [9.17, 15) is 10.1 Å². The van der Waals surface area contributed by atoms with Gasteiger partial charge in [0.15, 0.2) is 0 Å². The van der Waals surface area contributed by atoms with Gasteiger partial charge < -0.3 is 5.32 Å². The van der Waals surface area contributed by atoms with Crippen molar-refractivity contribution in [2.24, 2.45) is 5.41 Å². The van der Waals surface area contributed by atoms with Gasteiger partial charge in [-0.1, -0.05) is 20.8 Å². The van der Waals surface area contributed by atoms with Gasteiger partial charge in [-0.3, -0.25) is 10.1 Å². The molecule has 1 rings (SSSR count). The van der Waals surface area contributed by atoms with Crippen LogP contribution in [0.5, 0.6) is 0 Å². The number of anilines is 1. The minimum Gasteiger partial charge on any atom is -0.354 e. The van der Waals surface area contributed by atoms with E-state index in [1.165, 1.54) is 12.4 Å². The summed E-state index contributed by atoms with van der Waals surface area (Å²) >= 11 is 0. The molecule has 1 aromatic heterocycles. The number of nitrogens with zero attached hydrogens (tertiary/aromatic N) is 3. The van der Waals surface area contributed by atoms with Crippen molar-refractivity contribution in [3.8, 4) is 0 Å². The van der Waals surface area contributed by atoms with Crippen molar-refractivity contribution in [1.82, 2.24) is 9.97 Å². The van der Waals surface area contributed by atoms with Crippen molar-refractivity contribution < 1.29 is 4.92 Å².